The Balaban J connectivity index is 1.39. The van der Waals surface area contributed by atoms with E-state index in [4.69, 9.17) is 9.97 Å². The van der Waals surface area contributed by atoms with Crippen LogP contribution in [0.2, 0.25) is 0 Å². The molecule has 5 heteroatoms. The number of piperidine rings is 1. The minimum Gasteiger partial charge on any atom is -0.372 e. The summed E-state index contributed by atoms with van der Waals surface area (Å²) in [5.41, 5.74) is 4.80. The third-order valence-electron chi connectivity index (χ3n) is 8.40. The summed E-state index contributed by atoms with van der Waals surface area (Å²) in [5, 5.41) is 1.09. The predicted octanol–water partition coefficient (Wildman–Crippen LogP) is 6.58. The molecule has 178 valence electrons. The SMILES string of the molecule is Cc1ccccc1C1CCN(c2nc(C3(F)CCC3)nc3c(C)cc(N4CCCC4)cc23)CC1. The van der Waals surface area contributed by atoms with Crippen molar-refractivity contribution in [2.45, 2.75) is 70.4 Å². The standard InChI is InChI=1S/C29H35FN4/c1-20-8-3-4-9-24(20)22-10-16-34(17-11-22)27-25-19-23(33-14-5-6-15-33)18-21(2)26(25)31-28(32-27)29(30)12-7-13-29/h3-4,8-9,18-19,22H,5-7,10-17H2,1-2H3. The fourth-order valence-electron chi connectivity index (χ4n) is 6.13. The number of nitrogens with zero attached hydrogens (tertiary/aromatic N) is 4. The van der Waals surface area contributed by atoms with E-state index in [-0.39, 0.29) is 0 Å². The fourth-order valence-corrected chi connectivity index (χ4v) is 6.13. The number of halogens is 1. The van der Waals surface area contributed by atoms with Crippen LogP contribution in [0.15, 0.2) is 36.4 Å². The maximum atomic E-state index is 15.5. The molecule has 1 aliphatic carbocycles. The maximum Gasteiger partial charge on any atom is 0.170 e. The Morgan fingerprint density at radius 3 is 2.26 bits per heavy atom. The summed E-state index contributed by atoms with van der Waals surface area (Å²) in [6.45, 7) is 8.43. The van der Waals surface area contributed by atoms with E-state index in [0.717, 1.165) is 67.7 Å². The monoisotopic (exact) mass is 458 g/mol. The van der Waals surface area contributed by atoms with Crippen LogP contribution in [0.25, 0.3) is 10.9 Å². The molecule has 3 aromatic rings. The number of anilines is 2. The number of rotatable bonds is 4. The quantitative estimate of drug-likeness (QED) is 0.442. The van der Waals surface area contributed by atoms with Crippen molar-refractivity contribution in [2.75, 3.05) is 36.0 Å². The molecule has 0 radical (unpaired) electrons. The number of hydrogen-bond donors (Lipinski definition) is 0. The van der Waals surface area contributed by atoms with Gasteiger partial charge >= 0.3 is 0 Å². The summed E-state index contributed by atoms with van der Waals surface area (Å²) in [4.78, 5) is 14.7. The molecule has 2 aliphatic heterocycles. The van der Waals surface area contributed by atoms with Gasteiger partial charge in [0.1, 0.15) is 5.82 Å². The van der Waals surface area contributed by atoms with Gasteiger partial charge in [-0.25, -0.2) is 14.4 Å². The molecule has 0 amide bonds. The fraction of sp³-hybridized carbons (Fsp3) is 0.517. The van der Waals surface area contributed by atoms with Gasteiger partial charge in [0.2, 0.25) is 0 Å². The lowest BCUT2D eigenvalue weighted by Crippen LogP contribution is -2.36. The van der Waals surface area contributed by atoms with Crippen molar-refractivity contribution in [3.05, 3.63) is 58.9 Å². The summed E-state index contributed by atoms with van der Waals surface area (Å²) in [6.07, 6.45) is 6.68. The Kier molecular flexibility index (Phi) is 5.46. The molecule has 1 saturated carbocycles. The van der Waals surface area contributed by atoms with Crippen LogP contribution >= 0.6 is 0 Å². The van der Waals surface area contributed by atoms with E-state index in [0.29, 0.717) is 24.6 Å². The largest absolute Gasteiger partial charge is 0.372 e. The Hall–Kier alpha value is -2.69. The normalized spacial score (nSPS) is 20.7. The highest BCUT2D eigenvalue weighted by molar-refractivity contribution is 5.94. The summed E-state index contributed by atoms with van der Waals surface area (Å²) in [5.74, 6) is 1.92. The van der Waals surface area contributed by atoms with E-state index in [9.17, 15) is 0 Å². The van der Waals surface area contributed by atoms with Gasteiger partial charge < -0.3 is 9.80 Å². The first-order valence-corrected chi connectivity index (χ1v) is 13.1. The van der Waals surface area contributed by atoms with Gasteiger partial charge in [0.15, 0.2) is 11.5 Å². The summed E-state index contributed by atoms with van der Waals surface area (Å²) < 4.78 is 15.5. The third-order valence-corrected chi connectivity index (χ3v) is 8.40. The summed E-state index contributed by atoms with van der Waals surface area (Å²) in [7, 11) is 0. The van der Waals surface area contributed by atoms with Gasteiger partial charge in [-0.2, -0.15) is 0 Å². The van der Waals surface area contributed by atoms with E-state index in [1.807, 2.05) is 0 Å². The average molecular weight is 459 g/mol. The van der Waals surface area contributed by atoms with Crippen LogP contribution in [0.3, 0.4) is 0 Å². The zero-order valence-corrected chi connectivity index (χ0v) is 20.5. The van der Waals surface area contributed by atoms with Gasteiger partial charge in [0.05, 0.1) is 5.52 Å². The molecular weight excluding hydrogens is 423 g/mol. The number of aromatic nitrogens is 2. The third kappa shape index (κ3) is 3.73. The van der Waals surface area contributed by atoms with Crippen LogP contribution < -0.4 is 9.80 Å². The molecule has 0 unspecified atom stereocenters. The average Bonchev–Trinajstić information content (AvgIpc) is 3.38. The molecule has 34 heavy (non-hydrogen) atoms. The second-order valence-corrected chi connectivity index (χ2v) is 10.7. The number of alkyl halides is 1. The number of hydrogen-bond acceptors (Lipinski definition) is 4. The number of fused-ring (bicyclic) bond motifs is 1. The lowest BCUT2D eigenvalue weighted by atomic mass is 9.81. The second-order valence-electron chi connectivity index (χ2n) is 10.7. The first kappa shape index (κ1) is 21.8. The molecule has 2 saturated heterocycles. The van der Waals surface area contributed by atoms with Crippen LogP contribution in [0.4, 0.5) is 15.9 Å². The van der Waals surface area contributed by atoms with E-state index in [2.05, 4.69) is 60.0 Å². The Morgan fingerprint density at radius 1 is 0.853 bits per heavy atom. The van der Waals surface area contributed by atoms with Crippen molar-refractivity contribution in [1.82, 2.24) is 9.97 Å². The molecule has 3 aliphatic rings. The molecule has 1 aromatic heterocycles. The molecule has 6 rings (SSSR count). The Morgan fingerprint density at radius 2 is 1.59 bits per heavy atom. The van der Waals surface area contributed by atoms with Gasteiger partial charge in [-0.05, 0) is 93.5 Å². The van der Waals surface area contributed by atoms with Crippen molar-refractivity contribution >= 4 is 22.4 Å². The molecule has 3 heterocycles. The van der Waals surface area contributed by atoms with Crippen LogP contribution in [-0.2, 0) is 5.67 Å². The first-order chi connectivity index (χ1) is 16.5. The van der Waals surface area contributed by atoms with Gasteiger partial charge in [-0.1, -0.05) is 24.3 Å². The topological polar surface area (TPSA) is 32.3 Å². The summed E-state index contributed by atoms with van der Waals surface area (Å²) in [6, 6.07) is 13.3. The second kappa shape index (κ2) is 8.51. The highest BCUT2D eigenvalue weighted by Gasteiger charge is 2.42. The van der Waals surface area contributed by atoms with Gasteiger partial charge in [0.25, 0.3) is 0 Å². The van der Waals surface area contributed by atoms with Crippen molar-refractivity contribution in [3.63, 3.8) is 0 Å². The van der Waals surface area contributed by atoms with Crippen molar-refractivity contribution in [1.29, 1.82) is 0 Å². The maximum absolute atomic E-state index is 15.5. The number of aryl methyl sites for hydroxylation is 2. The van der Waals surface area contributed by atoms with Gasteiger partial charge in [-0.15, -0.1) is 0 Å². The van der Waals surface area contributed by atoms with Crippen LogP contribution in [0, 0.1) is 13.8 Å². The minimum absolute atomic E-state index is 0.402. The molecular formula is C29H35FN4. The van der Waals surface area contributed by atoms with Crippen LogP contribution in [0.1, 0.15) is 73.4 Å². The van der Waals surface area contributed by atoms with Gasteiger partial charge in [0, 0.05) is 37.3 Å². The zero-order chi connectivity index (χ0) is 23.3. The van der Waals surface area contributed by atoms with Crippen molar-refractivity contribution in [3.8, 4) is 0 Å². The molecule has 0 bridgehead atoms. The van der Waals surface area contributed by atoms with E-state index >= 15 is 4.39 Å². The number of benzene rings is 2. The molecule has 3 fully saturated rings. The molecule has 2 aromatic carbocycles. The highest BCUT2D eigenvalue weighted by atomic mass is 19.1. The van der Waals surface area contributed by atoms with Gasteiger partial charge in [-0.3, -0.25) is 0 Å². The summed E-state index contributed by atoms with van der Waals surface area (Å²) >= 11 is 0. The highest BCUT2D eigenvalue weighted by Crippen LogP contribution is 2.45. The molecule has 0 spiro atoms. The smallest absolute Gasteiger partial charge is 0.170 e. The Labute approximate surface area is 202 Å². The molecule has 0 atom stereocenters. The molecule has 0 N–H and O–H groups in total. The van der Waals surface area contributed by atoms with E-state index < -0.39 is 5.67 Å². The zero-order valence-electron chi connectivity index (χ0n) is 20.5. The van der Waals surface area contributed by atoms with Crippen LogP contribution in [-0.4, -0.2) is 36.1 Å². The van der Waals surface area contributed by atoms with E-state index in [1.165, 1.54) is 29.7 Å². The van der Waals surface area contributed by atoms with Crippen molar-refractivity contribution in [2.24, 2.45) is 0 Å². The lowest BCUT2D eigenvalue weighted by molar-refractivity contribution is 0.0512. The minimum atomic E-state index is -1.36. The van der Waals surface area contributed by atoms with Crippen LogP contribution in [0.5, 0.6) is 0 Å². The predicted molar refractivity (Wildman–Crippen MR) is 138 cm³/mol. The first-order valence-electron chi connectivity index (χ1n) is 13.1. The Bertz CT molecular complexity index is 1200. The van der Waals surface area contributed by atoms with Crippen molar-refractivity contribution < 1.29 is 4.39 Å². The molecule has 4 nitrogen and oxygen atoms in total. The lowest BCUT2D eigenvalue weighted by Gasteiger charge is -2.36. The van der Waals surface area contributed by atoms with E-state index in [1.54, 1.807) is 0 Å².